The number of hydrogen-bond donors (Lipinski definition) is 0. The Labute approximate surface area is 139 Å². The van der Waals surface area contributed by atoms with E-state index in [-0.39, 0.29) is 11.3 Å². The SMILES string of the molecule is COc1ccc(C(=O)COC(=O)c2ccc3c(c2)CCC3)cc1F. The van der Waals surface area contributed by atoms with Crippen molar-refractivity contribution in [2.45, 2.75) is 19.3 Å². The van der Waals surface area contributed by atoms with Gasteiger partial charge >= 0.3 is 5.97 Å². The number of aryl methyl sites for hydroxylation is 2. The number of rotatable bonds is 5. The number of hydrogen-bond acceptors (Lipinski definition) is 4. The molecule has 0 N–H and O–H groups in total. The van der Waals surface area contributed by atoms with E-state index in [2.05, 4.69) is 0 Å². The molecular formula is C19H17FO4. The summed E-state index contributed by atoms with van der Waals surface area (Å²) in [7, 11) is 1.35. The Morgan fingerprint density at radius 3 is 2.54 bits per heavy atom. The molecule has 24 heavy (non-hydrogen) atoms. The molecule has 0 saturated heterocycles. The second-order valence-electron chi connectivity index (χ2n) is 5.69. The first kappa shape index (κ1) is 16.2. The number of esters is 1. The lowest BCUT2D eigenvalue weighted by atomic mass is 10.1. The van der Waals surface area contributed by atoms with Crippen LogP contribution in [0.5, 0.6) is 5.75 Å². The van der Waals surface area contributed by atoms with Crippen LogP contribution in [0.15, 0.2) is 36.4 Å². The molecule has 0 aromatic heterocycles. The highest BCUT2D eigenvalue weighted by molar-refractivity contribution is 5.99. The number of ketones is 1. The number of halogens is 1. The molecule has 5 heteroatoms. The zero-order valence-electron chi connectivity index (χ0n) is 13.3. The summed E-state index contributed by atoms with van der Waals surface area (Å²) < 4.78 is 23.5. The molecule has 124 valence electrons. The van der Waals surface area contributed by atoms with Gasteiger partial charge in [-0.3, -0.25) is 4.79 Å². The Kier molecular flexibility index (Phi) is 4.60. The predicted molar refractivity (Wildman–Crippen MR) is 86.0 cm³/mol. The molecule has 2 aromatic carbocycles. The summed E-state index contributed by atoms with van der Waals surface area (Å²) in [4.78, 5) is 24.1. The zero-order chi connectivity index (χ0) is 17.1. The van der Waals surface area contributed by atoms with Gasteiger partial charge < -0.3 is 9.47 Å². The first-order chi connectivity index (χ1) is 11.6. The molecule has 1 aliphatic rings. The third-order valence-electron chi connectivity index (χ3n) is 4.14. The van der Waals surface area contributed by atoms with Crippen LogP contribution in [0.4, 0.5) is 4.39 Å². The van der Waals surface area contributed by atoms with Gasteiger partial charge in [-0.05, 0) is 60.7 Å². The Morgan fingerprint density at radius 1 is 1.04 bits per heavy atom. The van der Waals surface area contributed by atoms with Crippen molar-refractivity contribution >= 4 is 11.8 Å². The highest BCUT2D eigenvalue weighted by Gasteiger charge is 2.17. The second-order valence-corrected chi connectivity index (χ2v) is 5.69. The van der Waals surface area contributed by atoms with Gasteiger partial charge in [-0.25, -0.2) is 9.18 Å². The molecule has 0 bridgehead atoms. The van der Waals surface area contributed by atoms with Gasteiger partial charge in [-0.1, -0.05) is 6.07 Å². The maximum atomic E-state index is 13.6. The van der Waals surface area contributed by atoms with Crippen LogP contribution >= 0.6 is 0 Å². The molecule has 0 atom stereocenters. The molecule has 0 spiro atoms. The van der Waals surface area contributed by atoms with E-state index in [1.165, 1.54) is 24.8 Å². The van der Waals surface area contributed by atoms with Crippen molar-refractivity contribution in [3.63, 3.8) is 0 Å². The zero-order valence-corrected chi connectivity index (χ0v) is 13.3. The molecule has 0 aliphatic heterocycles. The van der Waals surface area contributed by atoms with Crippen LogP contribution in [-0.4, -0.2) is 25.5 Å². The molecule has 3 rings (SSSR count). The summed E-state index contributed by atoms with van der Waals surface area (Å²) in [6.07, 6.45) is 3.09. The van der Waals surface area contributed by atoms with E-state index in [0.717, 1.165) is 30.9 Å². The van der Waals surface area contributed by atoms with Crippen LogP contribution < -0.4 is 4.74 Å². The van der Waals surface area contributed by atoms with Crippen LogP contribution in [-0.2, 0) is 17.6 Å². The number of ether oxygens (including phenoxy) is 2. The fraction of sp³-hybridized carbons (Fsp3) is 0.263. The van der Waals surface area contributed by atoms with Gasteiger partial charge in [0.1, 0.15) is 0 Å². The normalized spacial score (nSPS) is 12.6. The Balaban J connectivity index is 1.63. The van der Waals surface area contributed by atoms with E-state index < -0.39 is 24.2 Å². The van der Waals surface area contributed by atoms with E-state index in [0.29, 0.717) is 5.56 Å². The van der Waals surface area contributed by atoms with E-state index in [1.807, 2.05) is 12.1 Å². The van der Waals surface area contributed by atoms with Crippen LogP contribution in [0, 0.1) is 5.82 Å². The maximum absolute atomic E-state index is 13.6. The molecule has 0 fully saturated rings. The van der Waals surface area contributed by atoms with E-state index >= 15 is 0 Å². The molecule has 4 nitrogen and oxygen atoms in total. The fourth-order valence-corrected chi connectivity index (χ4v) is 2.84. The number of fused-ring (bicyclic) bond motifs is 1. The minimum absolute atomic E-state index is 0.0571. The van der Waals surface area contributed by atoms with Crippen LogP contribution in [0.3, 0.4) is 0 Å². The summed E-state index contributed by atoms with van der Waals surface area (Å²) in [5, 5.41) is 0. The number of benzene rings is 2. The van der Waals surface area contributed by atoms with Gasteiger partial charge in [0.2, 0.25) is 0 Å². The first-order valence-electron chi connectivity index (χ1n) is 7.74. The highest BCUT2D eigenvalue weighted by atomic mass is 19.1. The fourth-order valence-electron chi connectivity index (χ4n) is 2.84. The van der Waals surface area contributed by atoms with Crippen LogP contribution in [0.25, 0.3) is 0 Å². The molecule has 0 heterocycles. The smallest absolute Gasteiger partial charge is 0.338 e. The average molecular weight is 328 g/mol. The summed E-state index contributed by atoms with van der Waals surface area (Å²) in [5.74, 6) is -1.59. The van der Waals surface area contributed by atoms with Crippen molar-refractivity contribution in [1.82, 2.24) is 0 Å². The van der Waals surface area contributed by atoms with Crippen molar-refractivity contribution in [1.29, 1.82) is 0 Å². The van der Waals surface area contributed by atoms with E-state index in [4.69, 9.17) is 9.47 Å². The maximum Gasteiger partial charge on any atom is 0.338 e. The van der Waals surface area contributed by atoms with Crippen LogP contribution in [0.2, 0.25) is 0 Å². The first-order valence-corrected chi connectivity index (χ1v) is 7.74. The molecule has 0 amide bonds. The lowest BCUT2D eigenvalue weighted by Gasteiger charge is -2.07. The summed E-state index contributed by atoms with van der Waals surface area (Å²) in [6.45, 7) is -0.429. The molecule has 1 aliphatic carbocycles. The molecule has 0 saturated carbocycles. The van der Waals surface area contributed by atoms with Gasteiger partial charge in [0, 0.05) is 5.56 Å². The van der Waals surface area contributed by atoms with Gasteiger partial charge in [-0.15, -0.1) is 0 Å². The number of carbonyl (C=O) groups excluding carboxylic acids is 2. The van der Waals surface area contributed by atoms with E-state index in [9.17, 15) is 14.0 Å². The quantitative estimate of drug-likeness (QED) is 0.624. The minimum atomic E-state index is -0.631. The molecule has 0 radical (unpaired) electrons. The van der Waals surface area contributed by atoms with Gasteiger partial charge in [0.25, 0.3) is 0 Å². The average Bonchev–Trinajstić information content (AvgIpc) is 3.06. The van der Waals surface area contributed by atoms with Gasteiger partial charge in [0.05, 0.1) is 12.7 Å². The summed E-state index contributed by atoms with van der Waals surface area (Å²) in [6, 6.07) is 9.34. The largest absolute Gasteiger partial charge is 0.494 e. The monoisotopic (exact) mass is 328 g/mol. The standard InChI is InChI=1S/C19H17FO4/c1-23-18-8-7-14(10-16(18)20)17(21)11-24-19(22)15-6-5-12-3-2-4-13(12)9-15/h5-10H,2-4,11H2,1H3. The third kappa shape index (κ3) is 3.30. The third-order valence-corrected chi connectivity index (χ3v) is 4.14. The number of Topliss-reactive ketones (excluding diaryl/α,β-unsaturated/α-hetero) is 1. The summed E-state index contributed by atoms with van der Waals surface area (Å²) in [5.41, 5.74) is 2.99. The molecule has 0 unspecified atom stereocenters. The Hall–Kier alpha value is -2.69. The van der Waals surface area contributed by atoms with Crippen molar-refractivity contribution < 1.29 is 23.5 Å². The van der Waals surface area contributed by atoms with Crippen LogP contribution in [0.1, 0.15) is 38.3 Å². The van der Waals surface area contributed by atoms with Crippen molar-refractivity contribution in [2.75, 3.05) is 13.7 Å². The van der Waals surface area contributed by atoms with E-state index in [1.54, 1.807) is 6.07 Å². The van der Waals surface area contributed by atoms with Gasteiger partial charge in [0.15, 0.2) is 24.0 Å². The topological polar surface area (TPSA) is 52.6 Å². The highest BCUT2D eigenvalue weighted by Crippen LogP contribution is 2.23. The van der Waals surface area contributed by atoms with Gasteiger partial charge in [-0.2, -0.15) is 0 Å². The number of carbonyl (C=O) groups is 2. The van der Waals surface area contributed by atoms with Crippen molar-refractivity contribution in [2.24, 2.45) is 0 Å². The Morgan fingerprint density at radius 2 is 1.79 bits per heavy atom. The Bertz CT molecular complexity index is 798. The molecular weight excluding hydrogens is 311 g/mol. The predicted octanol–water partition coefficient (Wildman–Crippen LogP) is 3.36. The minimum Gasteiger partial charge on any atom is -0.494 e. The van der Waals surface area contributed by atoms with Crippen molar-refractivity contribution in [3.05, 3.63) is 64.5 Å². The van der Waals surface area contributed by atoms with Crippen molar-refractivity contribution in [3.8, 4) is 5.75 Å². The lowest BCUT2D eigenvalue weighted by Crippen LogP contribution is -2.14. The lowest BCUT2D eigenvalue weighted by molar-refractivity contribution is 0.0474. The summed E-state index contributed by atoms with van der Waals surface area (Å²) >= 11 is 0. The second kappa shape index (κ2) is 6.83. The molecule has 2 aromatic rings. The number of methoxy groups -OCH3 is 1.